The van der Waals surface area contributed by atoms with Crippen molar-refractivity contribution >= 4 is 16.1 Å². The number of aromatic nitrogens is 1. The van der Waals surface area contributed by atoms with E-state index in [0.29, 0.717) is 26.3 Å². The molecule has 0 aromatic carbocycles. The maximum absolute atomic E-state index is 12.1. The zero-order valence-electron chi connectivity index (χ0n) is 11.4. The molecule has 2 heterocycles. The lowest BCUT2D eigenvalue weighted by atomic mass is 10.2. The van der Waals surface area contributed by atoms with Gasteiger partial charge in [0, 0.05) is 0 Å². The summed E-state index contributed by atoms with van der Waals surface area (Å²) in [5.41, 5.74) is 0.744. The molecule has 9 heteroatoms. The Balaban J connectivity index is 0.00000220. The van der Waals surface area contributed by atoms with Gasteiger partial charge in [0.25, 0.3) is 10.1 Å². The molecule has 1 aliphatic heterocycles. The van der Waals surface area contributed by atoms with Crippen molar-refractivity contribution in [1.29, 1.82) is 0 Å². The number of aryl methyl sites for hydroxylation is 1. The molecule has 1 aromatic rings. The van der Waals surface area contributed by atoms with Crippen molar-refractivity contribution in [2.75, 3.05) is 32.1 Å². The summed E-state index contributed by atoms with van der Waals surface area (Å²) < 4.78 is 36.6. The maximum atomic E-state index is 12.1. The number of pyridine rings is 1. The zero-order valence-corrected chi connectivity index (χ0v) is 12.2. The minimum atomic E-state index is -3.96. The minimum absolute atomic E-state index is 0. The topological polar surface area (TPSA) is 118 Å². The van der Waals surface area contributed by atoms with Gasteiger partial charge in [-0.25, -0.2) is 4.90 Å². The average molecular weight is 318 g/mol. The molecule has 1 aliphatic rings. The van der Waals surface area contributed by atoms with Gasteiger partial charge in [0.15, 0.2) is 0 Å². The van der Waals surface area contributed by atoms with Gasteiger partial charge in [0.05, 0.1) is 31.4 Å². The molecule has 8 nitrogen and oxygen atoms in total. The van der Waals surface area contributed by atoms with Crippen LogP contribution in [0.25, 0.3) is 0 Å². The molecule has 21 heavy (non-hydrogen) atoms. The van der Waals surface area contributed by atoms with E-state index in [2.05, 4.69) is 0 Å². The summed E-state index contributed by atoms with van der Waals surface area (Å²) in [6, 6.07) is 3.21. The molecule has 118 valence electrons. The number of carbonyl (C=O) groups excluding carboxylic acids is 1. The highest BCUT2D eigenvalue weighted by Gasteiger charge is 2.26. The molecule has 1 fully saturated rings. The second kappa shape index (κ2) is 7.46. The van der Waals surface area contributed by atoms with Crippen LogP contribution < -0.4 is 4.57 Å². The molecule has 0 spiro atoms. The third kappa shape index (κ3) is 5.38. The standard InChI is InChI=1S/C12H16N2O5S.H2O/c15-12(14-6-8-19-9-7-14)13-4-1-11(2-5-13)3-10-20(16,17)18;/h1-2,4-5H,3,6-10H2;1H2. The number of ether oxygens (including phenoxy) is 1. The summed E-state index contributed by atoms with van der Waals surface area (Å²) in [6.07, 6.45) is 3.40. The van der Waals surface area contributed by atoms with E-state index >= 15 is 0 Å². The van der Waals surface area contributed by atoms with Crippen LogP contribution in [0.1, 0.15) is 5.56 Å². The first-order chi connectivity index (χ1) is 9.46. The Morgan fingerprint density at radius 1 is 1.29 bits per heavy atom. The van der Waals surface area contributed by atoms with Crippen LogP contribution in [-0.4, -0.2) is 61.4 Å². The smallest absolute Gasteiger partial charge is 0.498 e. The fraction of sp³-hybridized carbons (Fsp3) is 0.500. The molecular weight excluding hydrogens is 300 g/mol. The molecule has 0 bridgehead atoms. The van der Waals surface area contributed by atoms with Gasteiger partial charge in [0.2, 0.25) is 0 Å². The molecule has 0 aliphatic carbocycles. The van der Waals surface area contributed by atoms with Gasteiger partial charge in [-0.05, 0) is 24.1 Å². The predicted octanol–water partition coefficient (Wildman–Crippen LogP) is -0.472. The van der Waals surface area contributed by atoms with Crippen molar-refractivity contribution in [3.63, 3.8) is 0 Å². The Morgan fingerprint density at radius 3 is 2.38 bits per heavy atom. The molecular formula is C12H18N2O6S. The first kappa shape index (κ1) is 17.5. The van der Waals surface area contributed by atoms with E-state index < -0.39 is 10.1 Å². The van der Waals surface area contributed by atoms with Crippen molar-refractivity contribution < 1.29 is 32.5 Å². The summed E-state index contributed by atoms with van der Waals surface area (Å²) in [6.45, 7) is 2.21. The Kier molecular flexibility index (Phi) is 6.21. The van der Waals surface area contributed by atoms with Gasteiger partial charge < -0.3 is 10.2 Å². The monoisotopic (exact) mass is 318 g/mol. The summed E-state index contributed by atoms with van der Waals surface area (Å²) >= 11 is 0. The second-order valence-electron chi connectivity index (χ2n) is 4.53. The second-order valence-corrected chi connectivity index (χ2v) is 6.10. The first-order valence-corrected chi connectivity index (χ1v) is 7.89. The Bertz CT molecular complexity index is 566. The lowest BCUT2D eigenvalue weighted by Crippen LogP contribution is -2.55. The first-order valence-electron chi connectivity index (χ1n) is 6.28. The number of carbonyl (C=O) groups is 1. The van der Waals surface area contributed by atoms with Crippen molar-refractivity contribution in [2.45, 2.75) is 6.42 Å². The zero-order chi connectivity index (χ0) is 14.6. The fourth-order valence-electron chi connectivity index (χ4n) is 1.92. The van der Waals surface area contributed by atoms with Gasteiger partial charge in [-0.1, -0.05) is 0 Å². The van der Waals surface area contributed by atoms with E-state index in [1.807, 2.05) is 0 Å². The van der Waals surface area contributed by atoms with E-state index in [9.17, 15) is 13.2 Å². The highest BCUT2D eigenvalue weighted by molar-refractivity contribution is 7.85. The molecule has 0 unspecified atom stereocenters. The van der Waals surface area contributed by atoms with Crippen LogP contribution in [0.5, 0.6) is 0 Å². The van der Waals surface area contributed by atoms with Crippen molar-refractivity contribution in [1.82, 2.24) is 4.90 Å². The SMILES string of the molecule is O=C(N1CCOCC1)[n+]1ccc(CCS(=O)(=O)O)cc1.[OH-]. The van der Waals surface area contributed by atoms with E-state index in [1.165, 1.54) is 4.57 Å². The van der Waals surface area contributed by atoms with Gasteiger partial charge in [0.1, 0.15) is 13.1 Å². The van der Waals surface area contributed by atoms with Crippen LogP contribution >= 0.6 is 0 Å². The normalized spacial score (nSPS) is 15.4. The van der Waals surface area contributed by atoms with Crippen LogP contribution in [0.15, 0.2) is 24.5 Å². The Morgan fingerprint density at radius 2 is 1.86 bits per heavy atom. The molecule has 1 amide bonds. The van der Waals surface area contributed by atoms with Crippen LogP contribution in [0.4, 0.5) is 4.79 Å². The molecule has 2 rings (SSSR count). The largest absolute Gasteiger partial charge is 0.870 e. The van der Waals surface area contributed by atoms with Gasteiger partial charge >= 0.3 is 6.03 Å². The lowest BCUT2D eigenvalue weighted by Gasteiger charge is -2.19. The van der Waals surface area contributed by atoms with E-state index in [1.54, 1.807) is 29.4 Å². The van der Waals surface area contributed by atoms with Gasteiger partial charge in [-0.3, -0.25) is 4.55 Å². The molecule has 0 saturated carbocycles. The lowest BCUT2D eigenvalue weighted by molar-refractivity contribution is -0.578. The summed E-state index contributed by atoms with van der Waals surface area (Å²) in [5.74, 6) is -0.325. The number of hydrogen-bond donors (Lipinski definition) is 1. The molecule has 1 aromatic heterocycles. The van der Waals surface area contributed by atoms with Gasteiger partial charge in [-0.15, -0.1) is 0 Å². The molecule has 2 N–H and O–H groups in total. The quantitative estimate of drug-likeness (QED) is 0.594. The van der Waals surface area contributed by atoms with Crippen LogP contribution in [0, 0.1) is 0 Å². The number of hydrogen-bond acceptors (Lipinski definition) is 5. The predicted molar refractivity (Wildman–Crippen MR) is 71.9 cm³/mol. The Labute approximate surface area is 123 Å². The number of amides is 1. The molecule has 0 radical (unpaired) electrons. The minimum Gasteiger partial charge on any atom is -0.870 e. The maximum Gasteiger partial charge on any atom is 0.498 e. The number of morpholine rings is 1. The van der Waals surface area contributed by atoms with Crippen molar-refractivity contribution in [3.05, 3.63) is 30.1 Å². The van der Waals surface area contributed by atoms with Crippen molar-refractivity contribution in [2.24, 2.45) is 0 Å². The third-order valence-corrected chi connectivity index (χ3v) is 3.77. The molecule has 0 atom stereocenters. The van der Waals surface area contributed by atoms with Crippen LogP contribution in [-0.2, 0) is 21.3 Å². The summed E-state index contributed by atoms with van der Waals surface area (Å²) in [4.78, 5) is 13.8. The summed E-state index contributed by atoms with van der Waals surface area (Å²) in [7, 11) is -3.96. The van der Waals surface area contributed by atoms with E-state index in [-0.39, 0.29) is 23.7 Å². The van der Waals surface area contributed by atoms with E-state index in [4.69, 9.17) is 9.29 Å². The van der Waals surface area contributed by atoms with Crippen LogP contribution in [0.2, 0.25) is 0 Å². The number of rotatable bonds is 3. The molecule has 1 saturated heterocycles. The average Bonchev–Trinajstić information content (AvgIpc) is 2.45. The Hall–Kier alpha value is -1.55. The van der Waals surface area contributed by atoms with Gasteiger partial charge in [-0.2, -0.15) is 17.8 Å². The highest BCUT2D eigenvalue weighted by Crippen LogP contribution is 2.01. The highest BCUT2D eigenvalue weighted by atomic mass is 32.2. The van der Waals surface area contributed by atoms with E-state index in [0.717, 1.165) is 5.56 Å². The van der Waals surface area contributed by atoms with Crippen LogP contribution in [0.3, 0.4) is 0 Å². The third-order valence-electron chi connectivity index (χ3n) is 3.05. The van der Waals surface area contributed by atoms with Crippen molar-refractivity contribution in [3.8, 4) is 0 Å². The number of nitrogens with zero attached hydrogens (tertiary/aromatic N) is 2. The summed E-state index contributed by atoms with van der Waals surface area (Å²) in [5, 5.41) is 0. The fourth-order valence-corrected chi connectivity index (χ4v) is 2.41.